The van der Waals surface area contributed by atoms with Gasteiger partial charge in [0.2, 0.25) is 0 Å². The van der Waals surface area contributed by atoms with Crippen molar-refractivity contribution in [3.63, 3.8) is 0 Å². The van der Waals surface area contributed by atoms with Crippen LogP contribution in [0.5, 0.6) is 0 Å². The number of halogens is 2. The fourth-order valence-corrected chi connectivity index (χ4v) is 2.86. The van der Waals surface area contributed by atoms with Crippen LogP contribution in [0.3, 0.4) is 0 Å². The van der Waals surface area contributed by atoms with Crippen LogP contribution in [-0.4, -0.2) is 0 Å². The van der Waals surface area contributed by atoms with Gasteiger partial charge in [-0.25, -0.2) is 0 Å². The average molecular weight is 230 g/mol. The summed E-state index contributed by atoms with van der Waals surface area (Å²) in [6.07, 6.45) is 2.07. The predicted octanol–water partition coefficient (Wildman–Crippen LogP) is 3.58. The lowest BCUT2D eigenvalue weighted by Crippen LogP contribution is -2.23. The molecule has 1 aromatic rings. The minimum atomic E-state index is -0.274. The van der Waals surface area contributed by atoms with Gasteiger partial charge in [0.25, 0.3) is 0 Å². The van der Waals surface area contributed by atoms with Gasteiger partial charge in [0.15, 0.2) is 0 Å². The lowest BCUT2D eigenvalue weighted by molar-refractivity contribution is 0.615. The quantitative estimate of drug-likeness (QED) is 0.825. The molecule has 0 aliphatic heterocycles. The first kappa shape index (κ1) is 10.3. The Balaban J connectivity index is 2.43. The van der Waals surface area contributed by atoms with Crippen molar-refractivity contribution in [1.82, 2.24) is 0 Å². The third kappa shape index (κ3) is 1.44. The maximum atomic E-state index is 6.26. The van der Waals surface area contributed by atoms with Gasteiger partial charge in [-0.3, -0.25) is 0 Å². The summed E-state index contributed by atoms with van der Waals surface area (Å²) in [5.74, 6) is 0.528. The van der Waals surface area contributed by atoms with Crippen LogP contribution in [0.15, 0.2) is 18.2 Å². The van der Waals surface area contributed by atoms with Crippen molar-refractivity contribution in [3.05, 3.63) is 33.8 Å². The second kappa shape index (κ2) is 3.41. The summed E-state index contributed by atoms with van der Waals surface area (Å²) < 4.78 is 0. The summed E-state index contributed by atoms with van der Waals surface area (Å²) >= 11 is 12.2. The number of rotatable bonds is 2. The molecular weight excluding hydrogens is 217 g/mol. The molecule has 2 N–H and O–H groups in total. The molecule has 14 heavy (non-hydrogen) atoms. The first-order valence-electron chi connectivity index (χ1n) is 4.83. The minimum absolute atomic E-state index is 0.274. The van der Waals surface area contributed by atoms with Gasteiger partial charge in [-0.05, 0) is 24.5 Å². The summed E-state index contributed by atoms with van der Waals surface area (Å²) in [7, 11) is 0. The second-order valence-electron chi connectivity index (χ2n) is 3.95. The molecule has 2 rings (SSSR count). The van der Waals surface area contributed by atoms with E-state index in [1.807, 2.05) is 18.2 Å². The van der Waals surface area contributed by atoms with Crippen LogP contribution < -0.4 is 5.73 Å². The Morgan fingerprint density at radius 3 is 2.43 bits per heavy atom. The van der Waals surface area contributed by atoms with E-state index in [1.165, 1.54) is 0 Å². The smallest absolute Gasteiger partial charge is 0.0472 e. The summed E-state index contributed by atoms with van der Waals surface area (Å²) in [5, 5.41) is 1.38. The molecule has 76 valence electrons. The maximum absolute atomic E-state index is 6.26. The van der Waals surface area contributed by atoms with Crippen molar-refractivity contribution < 1.29 is 0 Å². The maximum Gasteiger partial charge on any atom is 0.0472 e. The molecule has 0 amide bonds. The van der Waals surface area contributed by atoms with Crippen molar-refractivity contribution in [3.8, 4) is 0 Å². The van der Waals surface area contributed by atoms with Crippen LogP contribution in [0.2, 0.25) is 10.0 Å². The molecule has 1 saturated carbocycles. The van der Waals surface area contributed by atoms with E-state index in [2.05, 4.69) is 6.92 Å². The van der Waals surface area contributed by atoms with Crippen molar-refractivity contribution in [2.24, 2.45) is 11.7 Å². The lowest BCUT2D eigenvalue weighted by atomic mass is 10.0. The number of hydrogen-bond acceptors (Lipinski definition) is 1. The summed E-state index contributed by atoms with van der Waals surface area (Å²) in [5.41, 5.74) is 6.91. The largest absolute Gasteiger partial charge is 0.321 e. The Bertz CT molecular complexity index is 344. The van der Waals surface area contributed by atoms with Gasteiger partial charge < -0.3 is 5.73 Å². The Morgan fingerprint density at radius 2 is 2.00 bits per heavy atom. The molecule has 0 aromatic heterocycles. The standard InChI is InChI=1S/C11H13Cl2N/c1-2-7-6-11(7,14)10-8(12)4-3-5-9(10)13/h3-5,7H,2,6,14H2,1H3. The Labute approximate surface area is 94.2 Å². The van der Waals surface area contributed by atoms with Crippen LogP contribution >= 0.6 is 23.2 Å². The highest BCUT2D eigenvalue weighted by atomic mass is 35.5. The van der Waals surface area contributed by atoms with E-state index < -0.39 is 0 Å². The zero-order valence-electron chi connectivity index (χ0n) is 8.06. The van der Waals surface area contributed by atoms with Crippen LogP contribution in [-0.2, 0) is 5.54 Å². The lowest BCUT2D eigenvalue weighted by Gasteiger charge is -2.15. The molecule has 1 aliphatic carbocycles. The van der Waals surface area contributed by atoms with Gasteiger partial charge in [0, 0.05) is 21.1 Å². The molecule has 0 bridgehead atoms. The van der Waals surface area contributed by atoms with Crippen molar-refractivity contribution >= 4 is 23.2 Å². The van der Waals surface area contributed by atoms with Crippen LogP contribution in [0, 0.1) is 5.92 Å². The highest BCUT2D eigenvalue weighted by Gasteiger charge is 2.52. The highest BCUT2D eigenvalue weighted by molar-refractivity contribution is 6.36. The molecule has 0 spiro atoms. The van der Waals surface area contributed by atoms with E-state index >= 15 is 0 Å². The van der Waals surface area contributed by atoms with E-state index in [4.69, 9.17) is 28.9 Å². The molecule has 1 fully saturated rings. The molecule has 2 atom stereocenters. The fraction of sp³-hybridized carbons (Fsp3) is 0.455. The molecule has 1 aromatic carbocycles. The van der Waals surface area contributed by atoms with Gasteiger partial charge in [-0.15, -0.1) is 0 Å². The highest BCUT2D eigenvalue weighted by Crippen LogP contribution is 2.55. The second-order valence-corrected chi connectivity index (χ2v) is 4.76. The molecule has 1 nitrogen and oxygen atoms in total. The third-order valence-electron chi connectivity index (χ3n) is 3.07. The summed E-state index contributed by atoms with van der Waals surface area (Å²) in [4.78, 5) is 0. The van der Waals surface area contributed by atoms with Gasteiger partial charge >= 0.3 is 0 Å². The minimum Gasteiger partial charge on any atom is -0.321 e. The molecule has 2 unspecified atom stereocenters. The van der Waals surface area contributed by atoms with Crippen LogP contribution in [0.1, 0.15) is 25.3 Å². The topological polar surface area (TPSA) is 26.0 Å². The molecule has 0 radical (unpaired) electrons. The van der Waals surface area contributed by atoms with E-state index in [0.717, 1.165) is 18.4 Å². The number of nitrogens with two attached hydrogens (primary N) is 1. The van der Waals surface area contributed by atoms with Gasteiger partial charge in [0.05, 0.1) is 0 Å². The SMILES string of the molecule is CCC1CC1(N)c1c(Cl)cccc1Cl. The Morgan fingerprint density at radius 1 is 1.43 bits per heavy atom. The van der Waals surface area contributed by atoms with Crippen molar-refractivity contribution in [2.45, 2.75) is 25.3 Å². The van der Waals surface area contributed by atoms with Crippen molar-refractivity contribution in [2.75, 3.05) is 0 Å². The summed E-state index contributed by atoms with van der Waals surface area (Å²) in [6, 6.07) is 5.55. The zero-order valence-corrected chi connectivity index (χ0v) is 9.57. The molecule has 1 aliphatic rings. The molecule has 0 saturated heterocycles. The van der Waals surface area contributed by atoms with Gasteiger partial charge in [-0.1, -0.05) is 42.6 Å². The van der Waals surface area contributed by atoms with Crippen molar-refractivity contribution in [1.29, 1.82) is 0 Å². The normalized spacial score (nSPS) is 30.4. The van der Waals surface area contributed by atoms with E-state index in [0.29, 0.717) is 16.0 Å². The third-order valence-corrected chi connectivity index (χ3v) is 3.70. The van der Waals surface area contributed by atoms with Gasteiger partial charge in [-0.2, -0.15) is 0 Å². The number of hydrogen-bond donors (Lipinski definition) is 1. The monoisotopic (exact) mass is 229 g/mol. The Kier molecular flexibility index (Phi) is 2.50. The van der Waals surface area contributed by atoms with Crippen LogP contribution in [0.4, 0.5) is 0 Å². The predicted molar refractivity (Wildman–Crippen MR) is 60.7 cm³/mol. The molecular formula is C11H13Cl2N. The molecule has 3 heteroatoms. The average Bonchev–Trinajstić information content (AvgIpc) is 2.77. The zero-order chi connectivity index (χ0) is 10.3. The van der Waals surface area contributed by atoms with E-state index in [-0.39, 0.29) is 5.54 Å². The van der Waals surface area contributed by atoms with Crippen LogP contribution in [0.25, 0.3) is 0 Å². The van der Waals surface area contributed by atoms with E-state index in [1.54, 1.807) is 0 Å². The Hall–Kier alpha value is -0.240. The van der Waals surface area contributed by atoms with E-state index in [9.17, 15) is 0 Å². The fourth-order valence-electron chi connectivity index (χ4n) is 2.11. The first-order chi connectivity index (χ1) is 6.59. The number of benzene rings is 1. The van der Waals surface area contributed by atoms with Gasteiger partial charge in [0.1, 0.15) is 0 Å². The summed E-state index contributed by atoms with van der Waals surface area (Å²) in [6.45, 7) is 2.14. The first-order valence-corrected chi connectivity index (χ1v) is 5.58. The molecule has 0 heterocycles.